The number of urea groups is 1. The summed E-state index contributed by atoms with van der Waals surface area (Å²) in [7, 11) is 1.27. The smallest absolute Gasteiger partial charge is 0.435 e. The van der Waals surface area contributed by atoms with Gasteiger partial charge >= 0.3 is 12.2 Å². The van der Waals surface area contributed by atoms with Gasteiger partial charge in [-0.2, -0.15) is 13.2 Å². The van der Waals surface area contributed by atoms with Crippen molar-refractivity contribution in [2.75, 3.05) is 30.0 Å². The molecule has 1 aromatic heterocycles. The topological polar surface area (TPSA) is 71.7 Å². The Morgan fingerprint density at radius 3 is 2.38 bits per heavy atom. The molecule has 0 radical (unpaired) electrons. The van der Waals surface area contributed by atoms with Gasteiger partial charge in [0.05, 0.1) is 7.11 Å². The van der Waals surface area contributed by atoms with E-state index < -0.39 is 29.5 Å². The second kappa shape index (κ2) is 9.39. The zero-order valence-corrected chi connectivity index (χ0v) is 19.2. The van der Waals surface area contributed by atoms with Crippen LogP contribution in [0.15, 0.2) is 40.6 Å². The Kier molecular flexibility index (Phi) is 6.69. The number of amides is 2. The second-order valence-electron chi connectivity index (χ2n) is 7.20. The molecule has 6 nitrogen and oxygen atoms in total. The maximum Gasteiger partial charge on any atom is 0.435 e. The van der Waals surface area contributed by atoms with E-state index in [1.54, 1.807) is 24.3 Å². The minimum atomic E-state index is -4.69. The van der Waals surface area contributed by atoms with Crippen molar-refractivity contribution in [3.63, 3.8) is 0 Å². The van der Waals surface area contributed by atoms with Gasteiger partial charge in [0, 0.05) is 30.4 Å². The van der Waals surface area contributed by atoms with Gasteiger partial charge in [-0.15, -0.1) is 0 Å². The van der Waals surface area contributed by atoms with Gasteiger partial charge in [-0.3, -0.25) is 14.9 Å². The molecule has 1 aliphatic heterocycles. The van der Waals surface area contributed by atoms with Gasteiger partial charge in [-0.05, 0) is 42.1 Å². The lowest BCUT2D eigenvalue weighted by molar-refractivity contribution is -0.142. The molecule has 2 heterocycles. The fourth-order valence-corrected chi connectivity index (χ4v) is 5.14. The monoisotopic (exact) mass is 516 g/mol. The van der Waals surface area contributed by atoms with Crippen molar-refractivity contribution in [1.29, 1.82) is 0 Å². The number of hydrogen-bond acceptors (Lipinski definition) is 6. The van der Waals surface area contributed by atoms with Crippen LogP contribution in [0.4, 0.5) is 37.6 Å². The normalized spacial score (nSPS) is 14.6. The van der Waals surface area contributed by atoms with E-state index in [-0.39, 0.29) is 27.2 Å². The van der Waals surface area contributed by atoms with Crippen molar-refractivity contribution in [3.8, 4) is 16.9 Å². The van der Waals surface area contributed by atoms with E-state index in [2.05, 4.69) is 4.98 Å². The van der Waals surface area contributed by atoms with Gasteiger partial charge in [0.2, 0.25) is 0 Å². The molecule has 180 valence electrons. The number of rotatable bonds is 5. The summed E-state index contributed by atoms with van der Waals surface area (Å²) < 4.78 is 72.3. The lowest BCUT2D eigenvalue weighted by Crippen LogP contribution is -2.49. The Morgan fingerprint density at radius 2 is 1.79 bits per heavy atom. The Bertz CT molecular complexity index is 1220. The highest BCUT2D eigenvalue weighted by atomic mass is 32.2. The Balaban J connectivity index is 1.62. The summed E-state index contributed by atoms with van der Waals surface area (Å²) in [4.78, 5) is 19.3. The van der Waals surface area contributed by atoms with Crippen molar-refractivity contribution >= 4 is 40.1 Å². The van der Waals surface area contributed by atoms with Crippen molar-refractivity contribution in [3.05, 3.63) is 53.7 Å². The first kappa shape index (κ1) is 24.2. The highest BCUT2D eigenvalue weighted by Gasteiger charge is 2.40. The number of hydrogen-bond donors (Lipinski definition) is 1. The van der Waals surface area contributed by atoms with Crippen molar-refractivity contribution in [2.45, 2.75) is 16.8 Å². The largest absolute Gasteiger partial charge is 0.493 e. The highest BCUT2D eigenvalue weighted by Crippen LogP contribution is 2.42. The van der Waals surface area contributed by atoms with Crippen molar-refractivity contribution < 1.29 is 31.5 Å². The van der Waals surface area contributed by atoms with E-state index in [0.717, 1.165) is 12.1 Å². The molecule has 1 fully saturated rings. The summed E-state index contributed by atoms with van der Waals surface area (Å²) in [5.41, 5.74) is 0.00737. The highest BCUT2D eigenvalue weighted by molar-refractivity contribution is 7.99. The van der Waals surface area contributed by atoms with Gasteiger partial charge in [0.1, 0.15) is 10.0 Å². The summed E-state index contributed by atoms with van der Waals surface area (Å²) in [5, 5.41) is 5.27. The molecule has 0 bridgehead atoms. The summed E-state index contributed by atoms with van der Waals surface area (Å²) in [6.45, 7) is 0.537. The molecule has 4 rings (SSSR count). The third-order valence-electron chi connectivity index (χ3n) is 5.12. The fourth-order valence-electron chi connectivity index (χ4n) is 3.61. The predicted octanol–water partition coefficient (Wildman–Crippen LogP) is 5.92. The van der Waals surface area contributed by atoms with E-state index in [0.29, 0.717) is 47.5 Å². The molecule has 0 aliphatic carbocycles. The number of alkyl halides is 3. The Morgan fingerprint density at radius 1 is 1.12 bits per heavy atom. The first-order chi connectivity index (χ1) is 16.1. The van der Waals surface area contributed by atoms with Crippen LogP contribution in [0.1, 0.15) is 12.1 Å². The molecule has 2 amide bonds. The number of aromatic nitrogens is 1. The number of anilines is 2. The van der Waals surface area contributed by atoms with Gasteiger partial charge < -0.3 is 4.74 Å². The van der Waals surface area contributed by atoms with E-state index in [4.69, 9.17) is 9.88 Å². The van der Waals surface area contributed by atoms with Crippen LogP contribution < -0.4 is 19.7 Å². The first-order valence-electron chi connectivity index (χ1n) is 9.81. The maximum atomic E-state index is 14.0. The maximum absolute atomic E-state index is 14.0. The molecule has 1 aliphatic rings. The zero-order valence-electron chi connectivity index (χ0n) is 17.5. The summed E-state index contributed by atoms with van der Waals surface area (Å²) in [6, 6.07) is 7.64. The number of carbonyl (C=O) groups excluding carboxylic acids is 1. The van der Waals surface area contributed by atoms with Crippen LogP contribution >= 0.6 is 23.3 Å². The number of halogens is 5. The Hall–Kier alpha value is -2.90. The summed E-state index contributed by atoms with van der Waals surface area (Å²) in [6.07, 6.45) is -4.20. The first-order valence-corrected chi connectivity index (χ1v) is 11.5. The average Bonchev–Trinajstić information content (AvgIpc) is 3.24. The lowest BCUT2D eigenvalue weighted by atomic mass is 10.0. The number of ether oxygens (including phenoxy) is 1. The molecule has 34 heavy (non-hydrogen) atoms. The third kappa shape index (κ3) is 4.55. The van der Waals surface area contributed by atoms with E-state index in [1.807, 2.05) is 0 Å². The van der Waals surface area contributed by atoms with Crippen LogP contribution in [0.3, 0.4) is 0 Å². The number of nitrogens with zero attached hydrogens (tertiary/aromatic N) is 3. The number of thiazole rings is 1. The quantitative estimate of drug-likeness (QED) is 0.337. The molecule has 13 heteroatoms. The lowest BCUT2D eigenvalue weighted by Gasteiger charge is -2.34. The van der Waals surface area contributed by atoms with Crippen molar-refractivity contribution in [1.82, 2.24) is 4.98 Å². The summed E-state index contributed by atoms with van der Waals surface area (Å²) in [5.74, 6) is -1.73. The standard InChI is InChI=1S/C21H17F5N4O2S2/c1-32-16-14(9-12(22)10-15(16)23)11-3-5-13(6-4-11)29-7-2-8-30(20(29)31)19-28-17(21(24,25)26)18(33-19)34-27/h3-6,9-10H,2,7-8,27H2,1H3. The molecule has 1 saturated heterocycles. The molecule has 3 aromatic rings. The fraction of sp³-hybridized carbons (Fsp3) is 0.238. The molecule has 2 N–H and O–H groups in total. The summed E-state index contributed by atoms with van der Waals surface area (Å²) >= 11 is 1.13. The SMILES string of the molecule is COc1c(F)cc(F)cc1-c1ccc(N2CCCN(c3nc(C(F)(F)F)c(SN)s3)C2=O)cc1. The van der Waals surface area contributed by atoms with Gasteiger partial charge in [-0.1, -0.05) is 23.5 Å². The van der Waals surface area contributed by atoms with Crippen LogP contribution in [-0.4, -0.2) is 31.2 Å². The molecular weight excluding hydrogens is 499 g/mol. The number of methoxy groups -OCH3 is 1. The number of carbonyl (C=O) groups is 1. The van der Waals surface area contributed by atoms with Crippen LogP contribution in [0, 0.1) is 11.6 Å². The van der Waals surface area contributed by atoms with Crippen molar-refractivity contribution in [2.24, 2.45) is 5.14 Å². The molecule has 0 unspecified atom stereocenters. The minimum absolute atomic E-state index is 0.0911. The molecule has 0 saturated carbocycles. The molecule has 0 atom stereocenters. The molecular formula is C21H17F5N4O2S2. The second-order valence-corrected chi connectivity index (χ2v) is 9.08. The van der Waals surface area contributed by atoms with Crippen LogP contribution in [0.5, 0.6) is 5.75 Å². The van der Waals surface area contributed by atoms with Crippen LogP contribution in [-0.2, 0) is 6.18 Å². The van der Waals surface area contributed by atoms with Gasteiger partial charge in [0.25, 0.3) is 0 Å². The third-order valence-corrected chi connectivity index (χ3v) is 6.94. The minimum Gasteiger partial charge on any atom is -0.493 e. The Labute approximate surface area is 199 Å². The number of benzene rings is 2. The van der Waals surface area contributed by atoms with E-state index in [1.165, 1.54) is 16.9 Å². The predicted molar refractivity (Wildman–Crippen MR) is 120 cm³/mol. The van der Waals surface area contributed by atoms with E-state index >= 15 is 0 Å². The van der Waals surface area contributed by atoms with Gasteiger partial charge in [0.15, 0.2) is 22.4 Å². The van der Waals surface area contributed by atoms with Gasteiger partial charge in [-0.25, -0.2) is 18.6 Å². The molecule has 0 spiro atoms. The van der Waals surface area contributed by atoms with E-state index in [9.17, 15) is 26.7 Å². The number of nitrogens with two attached hydrogens (primary N) is 1. The van der Waals surface area contributed by atoms with Crippen LogP contribution in [0.2, 0.25) is 0 Å². The molecule has 2 aromatic carbocycles. The average molecular weight is 517 g/mol. The zero-order chi connectivity index (χ0) is 24.6. The van der Waals surface area contributed by atoms with Crippen LogP contribution in [0.25, 0.3) is 11.1 Å².